The van der Waals surface area contributed by atoms with Crippen LogP contribution in [0.5, 0.6) is 0 Å². The van der Waals surface area contributed by atoms with Crippen LogP contribution in [-0.2, 0) is 23.1 Å². The Bertz CT molecular complexity index is 760. The van der Waals surface area contributed by atoms with Crippen LogP contribution in [0.2, 0.25) is 0 Å². The molecule has 0 aliphatic heterocycles. The molecular formula is C14H23N5O2S. The van der Waals surface area contributed by atoms with E-state index in [0.29, 0.717) is 12.2 Å². The third kappa shape index (κ3) is 3.22. The molecule has 1 atom stereocenters. The van der Waals surface area contributed by atoms with Crippen LogP contribution in [0.25, 0.3) is 0 Å². The smallest absolute Gasteiger partial charge is 0.244 e. The van der Waals surface area contributed by atoms with Gasteiger partial charge in [0.1, 0.15) is 4.90 Å². The minimum atomic E-state index is -3.61. The summed E-state index contributed by atoms with van der Waals surface area (Å²) in [7, 11) is -3.61. The van der Waals surface area contributed by atoms with Crippen molar-refractivity contribution in [1.82, 2.24) is 24.3 Å². The molecule has 122 valence electrons. The molecule has 0 saturated carbocycles. The number of sulfonamides is 1. The first-order chi connectivity index (χ1) is 10.3. The van der Waals surface area contributed by atoms with Crippen LogP contribution in [0.15, 0.2) is 17.3 Å². The van der Waals surface area contributed by atoms with Crippen molar-refractivity contribution in [2.24, 2.45) is 0 Å². The second-order valence-electron chi connectivity index (χ2n) is 5.30. The molecule has 2 aromatic heterocycles. The molecule has 0 fully saturated rings. The highest BCUT2D eigenvalue weighted by Crippen LogP contribution is 2.20. The van der Waals surface area contributed by atoms with Crippen LogP contribution in [0.4, 0.5) is 0 Å². The Morgan fingerprint density at radius 2 is 1.64 bits per heavy atom. The van der Waals surface area contributed by atoms with E-state index >= 15 is 0 Å². The van der Waals surface area contributed by atoms with Gasteiger partial charge in [-0.2, -0.15) is 10.2 Å². The lowest BCUT2D eigenvalue weighted by Gasteiger charge is -2.13. The molecule has 0 aliphatic rings. The van der Waals surface area contributed by atoms with E-state index in [0.717, 1.165) is 17.8 Å². The van der Waals surface area contributed by atoms with Gasteiger partial charge < -0.3 is 0 Å². The number of hydrogen-bond acceptors (Lipinski definition) is 4. The predicted molar refractivity (Wildman–Crippen MR) is 84.0 cm³/mol. The number of aryl methyl sites for hydroxylation is 4. The quantitative estimate of drug-likeness (QED) is 0.877. The molecule has 0 bridgehead atoms. The fourth-order valence-electron chi connectivity index (χ4n) is 2.41. The lowest BCUT2D eigenvalue weighted by atomic mass is 10.1. The van der Waals surface area contributed by atoms with Crippen LogP contribution >= 0.6 is 0 Å². The first-order valence-electron chi connectivity index (χ1n) is 7.38. The van der Waals surface area contributed by atoms with Crippen molar-refractivity contribution in [1.29, 1.82) is 0 Å². The lowest BCUT2D eigenvalue weighted by molar-refractivity contribution is 0.565. The Kier molecular flexibility index (Phi) is 4.72. The molecule has 0 aromatic carbocycles. The van der Waals surface area contributed by atoms with Gasteiger partial charge in [-0.15, -0.1) is 0 Å². The largest absolute Gasteiger partial charge is 0.272 e. The van der Waals surface area contributed by atoms with Crippen LogP contribution in [-0.4, -0.2) is 28.0 Å². The summed E-state index contributed by atoms with van der Waals surface area (Å²) < 4.78 is 31.3. The average molecular weight is 325 g/mol. The first-order valence-corrected chi connectivity index (χ1v) is 8.87. The van der Waals surface area contributed by atoms with E-state index in [9.17, 15) is 8.42 Å². The molecule has 2 heterocycles. The van der Waals surface area contributed by atoms with Gasteiger partial charge in [0.25, 0.3) is 0 Å². The van der Waals surface area contributed by atoms with Gasteiger partial charge in [-0.25, -0.2) is 13.1 Å². The fourth-order valence-corrected chi connectivity index (χ4v) is 3.82. The third-order valence-electron chi connectivity index (χ3n) is 3.62. The lowest BCUT2D eigenvalue weighted by Crippen LogP contribution is -2.27. The zero-order valence-electron chi connectivity index (χ0n) is 13.7. The number of rotatable bonds is 6. The number of nitrogens with one attached hydrogen (secondary N) is 1. The molecule has 0 spiro atoms. The van der Waals surface area contributed by atoms with Gasteiger partial charge in [0.15, 0.2) is 0 Å². The Morgan fingerprint density at radius 1 is 1.09 bits per heavy atom. The highest BCUT2D eigenvalue weighted by Gasteiger charge is 2.24. The Hall–Kier alpha value is -1.67. The van der Waals surface area contributed by atoms with E-state index in [2.05, 4.69) is 14.9 Å². The number of hydrogen-bond donors (Lipinski definition) is 1. The normalized spacial score (nSPS) is 13.5. The second kappa shape index (κ2) is 6.21. The monoisotopic (exact) mass is 325 g/mol. The van der Waals surface area contributed by atoms with Crippen LogP contribution < -0.4 is 4.72 Å². The fraction of sp³-hybridized carbons (Fsp3) is 0.571. The molecule has 2 rings (SSSR count). The maximum atomic E-state index is 12.6. The second-order valence-corrected chi connectivity index (χ2v) is 6.99. The molecule has 0 amide bonds. The van der Waals surface area contributed by atoms with Gasteiger partial charge in [0.05, 0.1) is 11.4 Å². The Morgan fingerprint density at radius 3 is 2.14 bits per heavy atom. The summed E-state index contributed by atoms with van der Waals surface area (Å²) in [5.74, 6) is 0. The average Bonchev–Trinajstić information content (AvgIpc) is 3.01. The minimum Gasteiger partial charge on any atom is -0.272 e. The Labute approximate surface area is 131 Å². The molecule has 0 saturated heterocycles. The van der Waals surface area contributed by atoms with Crippen molar-refractivity contribution in [3.8, 4) is 0 Å². The van der Waals surface area contributed by atoms with Gasteiger partial charge >= 0.3 is 0 Å². The molecule has 1 N–H and O–H groups in total. The van der Waals surface area contributed by atoms with Gasteiger partial charge in [0, 0.05) is 37.1 Å². The molecule has 1 unspecified atom stereocenters. The van der Waals surface area contributed by atoms with Crippen LogP contribution in [0.3, 0.4) is 0 Å². The first kappa shape index (κ1) is 16.7. The van der Waals surface area contributed by atoms with Gasteiger partial charge in [-0.05, 0) is 34.6 Å². The van der Waals surface area contributed by atoms with Crippen molar-refractivity contribution in [2.75, 3.05) is 0 Å². The van der Waals surface area contributed by atoms with E-state index in [1.54, 1.807) is 22.5 Å². The zero-order chi connectivity index (χ0) is 16.5. The van der Waals surface area contributed by atoms with Gasteiger partial charge in [0.2, 0.25) is 10.0 Å². The molecule has 0 radical (unpaired) electrons. The predicted octanol–water partition coefficient (Wildman–Crippen LogP) is 1.78. The summed E-state index contributed by atoms with van der Waals surface area (Å²) in [4.78, 5) is 0.224. The summed E-state index contributed by atoms with van der Waals surface area (Å²) in [6.45, 7) is 10.7. The van der Waals surface area contributed by atoms with Crippen molar-refractivity contribution in [3.05, 3.63) is 29.3 Å². The molecule has 22 heavy (non-hydrogen) atoms. The van der Waals surface area contributed by atoms with Crippen LogP contribution in [0.1, 0.15) is 43.8 Å². The summed E-state index contributed by atoms with van der Waals surface area (Å²) in [6, 6.07) is -0.352. The van der Waals surface area contributed by atoms with Crippen molar-refractivity contribution >= 4 is 10.0 Å². The van der Waals surface area contributed by atoms with E-state index in [1.165, 1.54) is 0 Å². The summed E-state index contributed by atoms with van der Waals surface area (Å²) in [5.41, 5.74) is 2.21. The van der Waals surface area contributed by atoms with E-state index in [4.69, 9.17) is 0 Å². The topological polar surface area (TPSA) is 81.8 Å². The highest BCUT2D eigenvalue weighted by atomic mass is 32.2. The van der Waals surface area contributed by atoms with Crippen molar-refractivity contribution in [2.45, 2.75) is 58.6 Å². The molecule has 7 nitrogen and oxygen atoms in total. The van der Waals surface area contributed by atoms with Gasteiger partial charge in [-0.1, -0.05) is 0 Å². The number of aromatic nitrogens is 4. The van der Waals surface area contributed by atoms with Crippen LogP contribution in [0, 0.1) is 13.8 Å². The maximum absolute atomic E-state index is 12.6. The zero-order valence-corrected chi connectivity index (χ0v) is 14.5. The minimum absolute atomic E-state index is 0.224. The van der Waals surface area contributed by atoms with Crippen molar-refractivity contribution in [3.63, 3.8) is 0 Å². The van der Waals surface area contributed by atoms with E-state index in [1.807, 2.05) is 33.9 Å². The molecule has 0 aliphatic carbocycles. The standard InChI is InChI=1S/C14H23N5O2S/c1-6-18-8-13(10(3)15-18)11(4)17-22(20,21)14-9-19(7-2)16-12(14)5/h8-9,11,17H,6-7H2,1-5H3. The third-order valence-corrected chi connectivity index (χ3v) is 5.27. The number of nitrogens with zero attached hydrogens (tertiary/aromatic N) is 4. The molecule has 8 heteroatoms. The van der Waals surface area contributed by atoms with E-state index in [-0.39, 0.29) is 10.9 Å². The van der Waals surface area contributed by atoms with Gasteiger partial charge in [-0.3, -0.25) is 9.36 Å². The Balaban J connectivity index is 2.27. The van der Waals surface area contributed by atoms with Crippen molar-refractivity contribution < 1.29 is 8.42 Å². The highest BCUT2D eigenvalue weighted by molar-refractivity contribution is 7.89. The van der Waals surface area contributed by atoms with E-state index < -0.39 is 10.0 Å². The maximum Gasteiger partial charge on any atom is 0.244 e. The summed E-state index contributed by atoms with van der Waals surface area (Å²) >= 11 is 0. The molecule has 2 aromatic rings. The molecular weight excluding hydrogens is 302 g/mol. The summed E-state index contributed by atoms with van der Waals surface area (Å²) in [5, 5.41) is 8.54. The summed E-state index contributed by atoms with van der Waals surface area (Å²) in [6.07, 6.45) is 3.44. The SMILES string of the molecule is CCn1cc(C(C)NS(=O)(=O)c2cn(CC)nc2C)c(C)n1.